The first kappa shape index (κ1) is 16.5. The third kappa shape index (κ3) is 3.74. The Morgan fingerprint density at radius 2 is 2.21 bits per heavy atom. The molecule has 6 nitrogen and oxygen atoms in total. The van der Waals surface area contributed by atoms with Gasteiger partial charge in [0.1, 0.15) is 0 Å². The molecule has 24 heavy (non-hydrogen) atoms. The molecule has 0 fully saturated rings. The van der Waals surface area contributed by atoms with Crippen LogP contribution in [0.5, 0.6) is 0 Å². The highest BCUT2D eigenvalue weighted by Gasteiger charge is 2.10. The van der Waals surface area contributed by atoms with E-state index in [1.54, 1.807) is 35.5 Å². The first-order valence-electron chi connectivity index (χ1n) is 7.73. The van der Waals surface area contributed by atoms with Crippen LogP contribution in [0.3, 0.4) is 0 Å². The number of nitrogens with one attached hydrogen (secondary N) is 2. The van der Waals surface area contributed by atoms with E-state index in [9.17, 15) is 5.11 Å². The Kier molecular flexibility index (Phi) is 5.12. The minimum absolute atomic E-state index is 0.371. The molecule has 3 aromatic rings. The zero-order chi connectivity index (χ0) is 16.9. The van der Waals surface area contributed by atoms with Gasteiger partial charge in [0.2, 0.25) is 0 Å². The van der Waals surface area contributed by atoms with Crippen LogP contribution in [-0.2, 0) is 13.6 Å². The summed E-state index contributed by atoms with van der Waals surface area (Å²) in [7, 11) is 3.55. The molecule has 2 aromatic heterocycles. The molecule has 0 amide bonds. The fourth-order valence-corrected chi connectivity index (χ4v) is 3.46. The maximum atomic E-state index is 10.2. The molecule has 3 N–H and O–H groups in total. The lowest BCUT2D eigenvalue weighted by molar-refractivity contribution is 0.180. The maximum absolute atomic E-state index is 10.2. The summed E-state index contributed by atoms with van der Waals surface area (Å²) in [6.45, 7) is 1.06. The number of benzene rings is 1. The largest absolute Gasteiger partial charge is 0.386 e. The van der Waals surface area contributed by atoms with Gasteiger partial charge < -0.3 is 15.7 Å². The maximum Gasteiger partial charge on any atom is 0.191 e. The fourth-order valence-electron chi connectivity index (χ4n) is 2.49. The topological polar surface area (TPSA) is 74.5 Å². The minimum atomic E-state index is -0.626. The first-order valence-corrected chi connectivity index (χ1v) is 8.61. The number of hydrogen-bond donors (Lipinski definition) is 3. The number of aromatic nitrogens is 2. The van der Waals surface area contributed by atoms with Gasteiger partial charge in [-0.2, -0.15) is 5.10 Å². The molecular weight excluding hydrogens is 322 g/mol. The van der Waals surface area contributed by atoms with E-state index < -0.39 is 6.10 Å². The number of aliphatic hydroxyl groups is 1. The zero-order valence-electron chi connectivity index (χ0n) is 13.7. The molecule has 0 saturated heterocycles. The number of guanidine groups is 1. The highest BCUT2D eigenvalue weighted by Crippen LogP contribution is 2.25. The third-order valence-electron chi connectivity index (χ3n) is 3.80. The lowest BCUT2D eigenvalue weighted by Crippen LogP contribution is -2.38. The smallest absolute Gasteiger partial charge is 0.191 e. The normalized spacial score (nSPS) is 13.2. The second-order valence-electron chi connectivity index (χ2n) is 5.53. The predicted molar refractivity (Wildman–Crippen MR) is 98.2 cm³/mol. The van der Waals surface area contributed by atoms with E-state index >= 15 is 0 Å². The highest BCUT2D eigenvalue weighted by molar-refractivity contribution is 7.17. The molecule has 0 radical (unpaired) electrons. The molecule has 1 aromatic carbocycles. The van der Waals surface area contributed by atoms with Gasteiger partial charge in [0.15, 0.2) is 5.96 Å². The second kappa shape index (κ2) is 7.46. The van der Waals surface area contributed by atoms with E-state index in [-0.39, 0.29) is 0 Å². The standard InChI is InChI=1S/C17H21N5OS/c1-18-17(20-9-15(23)12-8-21-22(2)10-12)19-7-13-11-24-16-6-4-3-5-14(13)16/h3-6,8,10-11,15,23H,7,9H2,1-2H3,(H2,18,19,20). The summed E-state index contributed by atoms with van der Waals surface area (Å²) in [5.41, 5.74) is 2.02. The Labute approximate surface area is 144 Å². The second-order valence-corrected chi connectivity index (χ2v) is 6.44. The summed E-state index contributed by atoms with van der Waals surface area (Å²) in [6.07, 6.45) is 2.85. The molecule has 1 atom stereocenters. The number of hydrogen-bond acceptors (Lipinski definition) is 4. The molecule has 3 rings (SSSR count). The number of nitrogens with zero attached hydrogens (tertiary/aromatic N) is 3. The van der Waals surface area contributed by atoms with E-state index in [1.807, 2.05) is 7.05 Å². The van der Waals surface area contributed by atoms with Crippen LogP contribution in [0.2, 0.25) is 0 Å². The Morgan fingerprint density at radius 1 is 1.38 bits per heavy atom. The number of fused-ring (bicyclic) bond motifs is 1. The van der Waals surface area contributed by atoms with Gasteiger partial charge in [-0.15, -0.1) is 11.3 Å². The summed E-state index contributed by atoms with van der Waals surface area (Å²) >= 11 is 1.74. The van der Waals surface area contributed by atoms with Gasteiger partial charge in [0, 0.05) is 43.6 Å². The van der Waals surface area contributed by atoms with Crippen LogP contribution in [0.4, 0.5) is 0 Å². The van der Waals surface area contributed by atoms with Crippen LogP contribution < -0.4 is 10.6 Å². The van der Waals surface area contributed by atoms with Gasteiger partial charge in [0.05, 0.1) is 12.3 Å². The number of aryl methyl sites for hydroxylation is 1. The molecular formula is C17H21N5OS. The summed E-state index contributed by atoms with van der Waals surface area (Å²) in [5.74, 6) is 0.660. The average molecular weight is 343 g/mol. The molecule has 0 aliphatic rings. The summed E-state index contributed by atoms with van der Waals surface area (Å²) in [5, 5.41) is 24.1. The number of thiophene rings is 1. The number of aliphatic hydroxyl groups excluding tert-OH is 1. The number of aliphatic imine (C=N–C) groups is 1. The van der Waals surface area contributed by atoms with Crippen LogP contribution in [0, 0.1) is 0 Å². The van der Waals surface area contributed by atoms with E-state index in [0.29, 0.717) is 19.0 Å². The Hall–Kier alpha value is -2.38. The van der Waals surface area contributed by atoms with Crippen molar-refractivity contribution in [3.8, 4) is 0 Å². The zero-order valence-corrected chi connectivity index (χ0v) is 14.5. The molecule has 1 unspecified atom stereocenters. The van der Waals surface area contributed by atoms with Crippen molar-refractivity contribution >= 4 is 27.4 Å². The monoisotopic (exact) mass is 343 g/mol. The van der Waals surface area contributed by atoms with Crippen LogP contribution in [0.1, 0.15) is 17.2 Å². The van der Waals surface area contributed by atoms with Gasteiger partial charge in [-0.05, 0) is 22.4 Å². The van der Waals surface area contributed by atoms with E-state index in [4.69, 9.17) is 0 Å². The molecule has 126 valence electrons. The molecule has 0 saturated carbocycles. The molecule has 0 bridgehead atoms. The highest BCUT2D eigenvalue weighted by atomic mass is 32.1. The molecule has 7 heteroatoms. The van der Waals surface area contributed by atoms with Crippen molar-refractivity contribution in [3.05, 3.63) is 53.2 Å². The van der Waals surface area contributed by atoms with Crippen LogP contribution in [0.25, 0.3) is 10.1 Å². The van der Waals surface area contributed by atoms with Crippen molar-refractivity contribution in [3.63, 3.8) is 0 Å². The van der Waals surface area contributed by atoms with Crippen molar-refractivity contribution in [1.82, 2.24) is 20.4 Å². The molecule has 2 heterocycles. The van der Waals surface area contributed by atoms with Crippen LogP contribution >= 0.6 is 11.3 Å². The SMILES string of the molecule is CN=C(NCc1csc2ccccc12)NCC(O)c1cnn(C)c1. The van der Waals surface area contributed by atoms with Gasteiger partial charge in [-0.1, -0.05) is 18.2 Å². The van der Waals surface area contributed by atoms with Gasteiger partial charge in [-0.25, -0.2) is 0 Å². The van der Waals surface area contributed by atoms with Crippen LogP contribution in [-0.4, -0.2) is 34.4 Å². The fraction of sp³-hybridized carbons (Fsp3) is 0.294. The van der Waals surface area contributed by atoms with E-state index in [2.05, 4.69) is 50.4 Å². The molecule has 0 aliphatic heterocycles. The molecule has 0 aliphatic carbocycles. The average Bonchev–Trinajstić information content (AvgIpc) is 3.21. The first-order chi connectivity index (χ1) is 11.7. The third-order valence-corrected chi connectivity index (χ3v) is 4.82. The lowest BCUT2D eigenvalue weighted by Gasteiger charge is -2.14. The number of rotatable bonds is 5. The summed E-state index contributed by atoms with van der Waals surface area (Å²) < 4.78 is 2.96. The van der Waals surface area contributed by atoms with Crippen molar-refractivity contribution in [1.29, 1.82) is 0 Å². The summed E-state index contributed by atoms with van der Waals surface area (Å²) in [6, 6.07) is 8.36. The van der Waals surface area contributed by atoms with Gasteiger partial charge >= 0.3 is 0 Å². The lowest BCUT2D eigenvalue weighted by atomic mass is 10.2. The Balaban J connectivity index is 1.55. The van der Waals surface area contributed by atoms with Gasteiger partial charge in [0.25, 0.3) is 0 Å². The Bertz CT molecular complexity index is 838. The van der Waals surface area contributed by atoms with Crippen molar-refractivity contribution in [2.75, 3.05) is 13.6 Å². The molecule has 0 spiro atoms. The van der Waals surface area contributed by atoms with Crippen molar-refractivity contribution < 1.29 is 5.11 Å². The minimum Gasteiger partial charge on any atom is -0.386 e. The quantitative estimate of drug-likeness (QED) is 0.489. The summed E-state index contributed by atoms with van der Waals surface area (Å²) in [4.78, 5) is 4.20. The van der Waals surface area contributed by atoms with E-state index in [0.717, 1.165) is 5.56 Å². The predicted octanol–water partition coefficient (Wildman–Crippen LogP) is 2.03. The van der Waals surface area contributed by atoms with E-state index in [1.165, 1.54) is 15.6 Å². The van der Waals surface area contributed by atoms with Crippen LogP contribution in [0.15, 0.2) is 47.0 Å². The van der Waals surface area contributed by atoms with Gasteiger partial charge in [-0.3, -0.25) is 9.67 Å². The van der Waals surface area contributed by atoms with Crippen molar-refractivity contribution in [2.24, 2.45) is 12.0 Å². The van der Waals surface area contributed by atoms with Crippen molar-refractivity contribution in [2.45, 2.75) is 12.6 Å². The Morgan fingerprint density at radius 3 is 2.96 bits per heavy atom.